The Bertz CT molecular complexity index is 769. The lowest BCUT2D eigenvalue weighted by molar-refractivity contribution is -0.0438. The van der Waals surface area contributed by atoms with Crippen molar-refractivity contribution in [3.05, 3.63) is 48.2 Å². The highest BCUT2D eigenvalue weighted by atomic mass is 16.7. The van der Waals surface area contributed by atoms with E-state index in [2.05, 4.69) is 32.7 Å². The Morgan fingerprint density at radius 1 is 0.923 bits per heavy atom. The van der Waals surface area contributed by atoms with E-state index in [-0.39, 0.29) is 24.6 Å². The number of hydrogen-bond acceptors (Lipinski definition) is 5. The third kappa shape index (κ3) is 3.07. The molecule has 0 radical (unpaired) electrons. The van der Waals surface area contributed by atoms with Gasteiger partial charge in [-0.15, -0.1) is 0 Å². The molecular formula is C20H24BNO4. The molecule has 0 atom stereocenters. The van der Waals surface area contributed by atoms with Crippen molar-refractivity contribution < 1.29 is 18.8 Å². The second-order valence-corrected chi connectivity index (χ2v) is 7.73. The molecule has 0 unspecified atom stereocenters. The Labute approximate surface area is 154 Å². The molecule has 2 saturated heterocycles. The van der Waals surface area contributed by atoms with Gasteiger partial charge in [0.1, 0.15) is 0 Å². The van der Waals surface area contributed by atoms with Crippen molar-refractivity contribution in [3.8, 4) is 11.3 Å². The van der Waals surface area contributed by atoms with Crippen molar-refractivity contribution >= 4 is 12.6 Å². The SMILES string of the molecule is CC1(C)OB(c2ccc(-c3ncccc3C3OCCO3)cc2)OC1(C)C. The maximum atomic E-state index is 6.12. The first-order valence-corrected chi connectivity index (χ1v) is 9.01. The van der Waals surface area contributed by atoms with Crippen LogP contribution in [0.1, 0.15) is 39.5 Å². The van der Waals surface area contributed by atoms with Crippen LogP contribution in [0.5, 0.6) is 0 Å². The number of rotatable bonds is 3. The van der Waals surface area contributed by atoms with E-state index < -0.39 is 0 Å². The number of benzene rings is 1. The van der Waals surface area contributed by atoms with Gasteiger partial charge in [-0.3, -0.25) is 4.98 Å². The highest BCUT2D eigenvalue weighted by molar-refractivity contribution is 6.62. The van der Waals surface area contributed by atoms with E-state index in [0.717, 1.165) is 22.3 Å². The fraction of sp³-hybridized carbons (Fsp3) is 0.450. The Balaban J connectivity index is 1.60. The summed E-state index contributed by atoms with van der Waals surface area (Å²) in [6.45, 7) is 9.46. The molecule has 6 heteroatoms. The predicted molar refractivity (Wildman–Crippen MR) is 100 cm³/mol. The van der Waals surface area contributed by atoms with Gasteiger partial charge in [-0.1, -0.05) is 30.3 Å². The zero-order valence-electron chi connectivity index (χ0n) is 15.7. The first-order chi connectivity index (χ1) is 12.4. The van der Waals surface area contributed by atoms with Crippen LogP contribution in [0.3, 0.4) is 0 Å². The van der Waals surface area contributed by atoms with Crippen molar-refractivity contribution in [2.45, 2.75) is 45.2 Å². The molecule has 0 amide bonds. The summed E-state index contributed by atoms with van der Waals surface area (Å²) < 4.78 is 23.5. The monoisotopic (exact) mass is 353 g/mol. The molecule has 1 aromatic heterocycles. The third-order valence-corrected chi connectivity index (χ3v) is 5.42. The second kappa shape index (κ2) is 6.46. The van der Waals surface area contributed by atoms with Gasteiger partial charge in [0.25, 0.3) is 0 Å². The topological polar surface area (TPSA) is 49.8 Å². The summed E-state index contributed by atoms with van der Waals surface area (Å²) in [7, 11) is -0.362. The number of ether oxygens (including phenoxy) is 2. The van der Waals surface area contributed by atoms with E-state index in [1.54, 1.807) is 6.20 Å². The Morgan fingerprint density at radius 2 is 1.54 bits per heavy atom. The Hall–Kier alpha value is -1.73. The lowest BCUT2D eigenvalue weighted by Crippen LogP contribution is -2.41. The normalized spacial score (nSPS) is 22.1. The molecule has 136 valence electrons. The average molecular weight is 353 g/mol. The minimum Gasteiger partial charge on any atom is -0.399 e. The van der Waals surface area contributed by atoms with Crippen molar-refractivity contribution in [2.24, 2.45) is 0 Å². The number of pyridine rings is 1. The zero-order valence-corrected chi connectivity index (χ0v) is 15.7. The summed E-state index contributed by atoms with van der Waals surface area (Å²) in [6, 6.07) is 12.1. The highest BCUT2D eigenvalue weighted by Gasteiger charge is 2.51. The van der Waals surface area contributed by atoms with Crippen molar-refractivity contribution in [1.82, 2.24) is 4.98 Å². The van der Waals surface area contributed by atoms with Crippen LogP contribution in [0.15, 0.2) is 42.6 Å². The predicted octanol–water partition coefficient (Wildman–Crippen LogP) is 3.09. The molecule has 0 spiro atoms. The highest BCUT2D eigenvalue weighted by Crippen LogP contribution is 2.37. The fourth-order valence-corrected chi connectivity index (χ4v) is 3.16. The van der Waals surface area contributed by atoms with Crippen LogP contribution in [0.4, 0.5) is 0 Å². The van der Waals surface area contributed by atoms with E-state index in [1.165, 1.54) is 0 Å². The number of hydrogen-bond donors (Lipinski definition) is 0. The molecule has 0 aliphatic carbocycles. The van der Waals surface area contributed by atoms with Crippen LogP contribution in [0.25, 0.3) is 11.3 Å². The van der Waals surface area contributed by atoms with Gasteiger partial charge in [0.2, 0.25) is 0 Å². The summed E-state index contributed by atoms with van der Waals surface area (Å²) in [5.74, 6) is 0. The molecule has 26 heavy (non-hydrogen) atoms. The largest absolute Gasteiger partial charge is 0.494 e. The number of nitrogens with zero attached hydrogens (tertiary/aromatic N) is 1. The van der Waals surface area contributed by atoms with Crippen molar-refractivity contribution in [3.63, 3.8) is 0 Å². The molecule has 0 saturated carbocycles. The van der Waals surface area contributed by atoms with Crippen LogP contribution < -0.4 is 5.46 Å². The molecule has 2 aliphatic rings. The first-order valence-electron chi connectivity index (χ1n) is 9.01. The summed E-state index contributed by atoms with van der Waals surface area (Å²) in [4.78, 5) is 4.54. The zero-order chi connectivity index (χ0) is 18.4. The lowest BCUT2D eigenvalue weighted by atomic mass is 9.78. The molecule has 5 nitrogen and oxygen atoms in total. The summed E-state index contributed by atoms with van der Waals surface area (Å²) in [5.41, 5.74) is 3.15. The van der Waals surface area contributed by atoms with Crippen LogP contribution in [0, 0.1) is 0 Å². The molecule has 0 N–H and O–H groups in total. The van der Waals surface area contributed by atoms with E-state index in [9.17, 15) is 0 Å². The molecule has 2 fully saturated rings. The molecule has 1 aromatic carbocycles. The molecular weight excluding hydrogens is 329 g/mol. The van der Waals surface area contributed by atoms with Crippen molar-refractivity contribution in [2.75, 3.05) is 13.2 Å². The quantitative estimate of drug-likeness (QED) is 0.794. The molecule has 0 bridgehead atoms. The van der Waals surface area contributed by atoms with Gasteiger partial charge in [0.15, 0.2) is 6.29 Å². The minimum atomic E-state index is -0.362. The molecule has 2 aliphatic heterocycles. The standard InChI is InChI=1S/C20H24BNO4/c1-19(2)20(3,4)26-21(25-19)15-9-7-14(8-10-15)17-16(6-5-11-22-17)18-23-12-13-24-18/h5-11,18H,12-13H2,1-4H3. The van der Waals surface area contributed by atoms with Gasteiger partial charge in [-0.05, 0) is 39.2 Å². The van der Waals surface area contributed by atoms with Crippen LogP contribution in [-0.2, 0) is 18.8 Å². The molecule has 3 heterocycles. The summed E-state index contributed by atoms with van der Waals surface area (Å²) in [5, 5.41) is 0. The van der Waals surface area contributed by atoms with Gasteiger partial charge in [-0.25, -0.2) is 0 Å². The van der Waals surface area contributed by atoms with E-state index >= 15 is 0 Å². The van der Waals surface area contributed by atoms with Gasteiger partial charge in [0, 0.05) is 17.3 Å². The average Bonchev–Trinajstić information content (AvgIpc) is 3.22. The Morgan fingerprint density at radius 3 is 2.15 bits per heavy atom. The summed E-state index contributed by atoms with van der Waals surface area (Å²) in [6.07, 6.45) is 1.44. The lowest BCUT2D eigenvalue weighted by Gasteiger charge is -2.32. The van der Waals surface area contributed by atoms with Gasteiger partial charge < -0.3 is 18.8 Å². The van der Waals surface area contributed by atoms with E-state index in [1.807, 2.05) is 36.4 Å². The van der Waals surface area contributed by atoms with Crippen molar-refractivity contribution in [1.29, 1.82) is 0 Å². The van der Waals surface area contributed by atoms with Crippen LogP contribution in [-0.4, -0.2) is 36.5 Å². The van der Waals surface area contributed by atoms with Gasteiger partial charge in [-0.2, -0.15) is 0 Å². The number of aromatic nitrogens is 1. The maximum Gasteiger partial charge on any atom is 0.494 e. The first kappa shape index (κ1) is 17.7. The molecule has 4 rings (SSSR count). The van der Waals surface area contributed by atoms with Gasteiger partial charge >= 0.3 is 7.12 Å². The van der Waals surface area contributed by atoms with Crippen LogP contribution >= 0.6 is 0 Å². The van der Waals surface area contributed by atoms with E-state index in [0.29, 0.717) is 13.2 Å². The minimum absolute atomic E-state index is 0.346. The molecule has 2 aromatic rings. The third-order valence-electron chi connectivity index (χ3n) is 5.42. The van der Waals surface area contributed by atoms with E-state index in [4.69, 9.17) is 18.8 Å². The fourth-order valence-electron chi connectivity index (χ4n) is 3.16. The van der Waals surface area contributed by atoms with Crippen LogP contribution in [0.2, 0.25) is 0 Å². The Kier molecular flexibility index (Phi) is 4.39. The smallest absolute Gasteiger partial charge is 0.399 e. The second-order valence-electron chi connectivity index (χ2n) is 7.73. The van der Waals surface area contributed by atoms with Gasteiger partial charge in [0.05, 0.1) is 30.1 Å². The maximum absolute atomic E-state index is 6.12. The summed E-state index contributed by atoms with van der Waals surface area (Å²) >= 11 is 0.